The molecule has 2 N–H and O–H groups in total. The maximum absolute atomic E-state index is 9.72. The number of rotatable bonds is 1. The Kier molecular flexibility index (Phi) is 3.57. The molecule has 2 aliphatic rings. The average Bonchev–Trinajstić information content (AvgIpc) is 2.15. The lowest BCUT2D eigenvalue weighted by Crippen LogP contribution is -2.61. The van der Waals surface area contributed by atoms with Crippen molar-refractivity contribution in [3.8, 4) is 0 Å². The van der Waals surface area contributed by atoms with Crippen LogP contribution in [0.15, 0.2) is 0 Å². The summed E-state index contributed by atoms with van der Waals surface area (Å²) in [5.74, 6) is 0. The Hall–Kier alpha value is 0.170. The second-order valence-electron chi connectivity index (χ2n) is 3.96. The summed E-state index contributed by atoms with van der Waals surface area (Å²) in [4.78, 5) is 0. The van der Waals surface area contributed by atoms with Gasteiger partial charge in [-0.05, 0) is 25.9 Å². The molecule has 0 aromatic heterocycles. The highest BCUT2D eigenvalue weighted by Gasteiger charge is 2.54. The number of hydrogen-bond acceptors (Lipinski definition) is 3. The molecule has 0 bridgehead atoms. The number of piperidine rings is 1. The van der Waals surface area contributed by atoms with E-state index in [0.29, 0.717) is 6.10 Å². The van der Waals surface area contributed by atoms with Crippen molar-refractivity contribution in [3.05, 3.63) is 0 Å². The van der Waals surface area contributed by atoms with Crippen LogP contribution in [-0.2, 0) is 4.74 Å². The van der Waals surface area contributed by atoms with Crippen LogP contribution >= 0.6 is 12.4 Å². The highest BCUT2D eigenvalue weighted by Crippen LogP contribution is 2.49. The summed E-state index contributed by atoms with van der Waals surface area (Å²) in [6.07, 6.45) is 3.13. The van der Waals surface area contributed by atoms with Crippen molar-refractivity contribution in [1.82, 2.24) is 5.32 Å². The highest BCUT2D eigenvalue weighted by atomic mass is 35.5. The van der Waals surface area contributed by atoms with E-state index in [4.69, 9.17) is 4.74 Å². The Balaban J connectivity index is 0.000000845. The molecule has 0 amide bonds. The summed E-state index contributed by atoms with van der Waals surface area (Å²) in [6.45, 7) is 2.05. The van der Waals surface area contributed by atoms with E-state index < -0.39 is 0 Å². The van der Waals surface area contributed by atoms with E-state index in [0.717, 1.165) is 32.4 Å². The molecule has 3 nitrogen and oxygen atoms in total. The largest absolute Gasteiger partial charge is 0.392 e. The van der Waals surface area contributed by atoms with E-state index in [1.54, 1.807) is 7.11 Å². The van der Waals surface area contributed by atoms with Crippen molar-refractivity contribution in [1.29, 1.82) is 0 Å². The maximum Gasteiger partial charge on any atom is 0.0678 e. The lowest BCUT2D eigenvalue weighted by molar-refractivity contribution is -0.192. The normalized spacial score (nSPS) is 36.5. The molecule has 78 valence electrons. The van der Waals surface area contributed by atoms with Gasteiger partial charge in [-0.2, -0.15) is 0 Å². The number of halogens is 1. The molecule has 2 fully saturated rings. The maximum atomic E-state index is 9.72. The number of aliphatic hydroxyl groups is 1. The molecule has 2 unspecified atom stereocenters. The number of ether oxygens (including phenoxy) is 1. The van der Waals surface area contributed by atoms with Crippen LogP contribution in [0.1, 0.15) is 19.3 Å². The van der Waals surface area contributed by atoms with Crippen LogP contribution in [0, 0.1) is 5.41 Å². The molecule has 1 spiro atoms. The van der Waals surface area contributed by atoms with E-state index in [9.17, 15) is 5.11 Å². The van der Waals surface area contributed by atoms with Gasteiger partial charge in [0.05, 0.1) is 12.2 Å². The molecular formula is C9H18ClNO2. The Labute approximate surface area is 85.3 Å². The first kappa shape index (κ1) is 11.2. The number of hydrogen-bond donors (Lipinski definition) is 2. The van der Waals surface area contributed by atoms with E-state index >= 15 is 0 Å². The van der Waals surface area contributed by atoms with Crippen LogP contribution in [-0.4, -0.2) is 37.5 Å². The first-order valence-corrected chi connectivity index (χ1v) is 4.71. The molecular weight excluding hydrogens is 190 g/mol. The monoisotopic (exact) mass is 207 g/mol. The minimum atomic E-state index is -0.121. The van der Waals surface area contributed by atoms with Crippen LogP contribution in [0.4, 0.5) is 0 Å². The molecule has 13 heavy (non-hydrogen) atoms. The molecule has 4 heteroatoms. The van der Waals surface area contributed by atoms with Crippen LogP contribution < -0.4 is 5.32 Å². The molecule has 0 radical (unpaired) electrons. The third-order valence-corrected chi connectivity index (χ3v) is 3.56. The average molecular weight is 208 g/mol. The summed E-state index contributed by atoms with van der Waals surface area (Å²) in [6, 6.07) is 0. The fourth-order valence-corrected chi connectivity index (χ4v) is 2.60. The van der Waals surface area contributed by atoms with Gasteiger partial charge in [-0.1, -0.05) is 0 Å². The predicted octanol–water partition coefficient (Wildman–Crippen LogP) is 0.558. The van der Waals surface area contributed by atoms with Crippen molar-refractivity contribution >= 4 is 12.4 Å². The Morgan fingerprint density at radius 1 is 1.38 bits per heavy atom. The van der Waals surface area contributed by atoms with Gasteiger partial charge < -0.3 is 15.2 Å². The highest BCUT2D eigenvalue weighted by molar-refractivity contribution is 5.85. The lowest BCUT2D eigenvalue weighted by atomic mass is 9.58. The summed E-state index contributed by atoms with van der Waals surface area (Å²) in [5, 5.41) is 13.0. The van der Waals surface area contributed by atoms with Gasteiger partial charge in [-0.25, -0.2) is 0 Å². The summed E-state index contributed by atoms with van der Waals surface area (Å²) < 4.78 is 5.36. The minimum absolute atomic E-state index is 0. The van der Waals surface area contributed by atoms with Crippen LogP contribution in [0.2, 0.25) is 0 Å². The van der Waals surface area contributed by atoms with E-state index in [-0.39, 0.29) is 23.9 Å². The first-order chi connectivity index (χ1) is 5.79. The predicted molar refractivity (Wildman–Crippen MR) is 53.2 cm³/mol. The van der Waals surface area contributed by atoms with Crippen molar-refractivity contribution in [2.45, 2.75) is 31.5 Å². The van der Waals surface area contributed by atoms with Gasteiger partial charge in [-0.15, -0.1) is 12.4 Å². The van der Waals surface area contributed by atoms with Crippen LogP contribution in [0.25, 0.3) is 0 Å². The number of nitrogens with one attached hydrogen (secondary N) is 1. The molecule has 1 aliphatic carbocycles. The number of methoxy groups -OCH3 is 1. The fourth-order valence-electron chi connectivity index (χ4n) is 2.60. The van der Waals surface area contributed by atoms with Crippen LogP contribution in [0.5, 0.6) is 0 Å². The Bertz CT molecular complexity index is 171. The molecule has 2 atom stereocenters. The van der Waals surface area contributed by atoms with Gasteiger partial charge in [0.1, 0.15) is 0 Å². The van der Waals surface area contributed by atoms with Crippen LogP contribution in [0.3, 0.4) is 0 Å². The van der Waals surface area contributed by atoms with Gasteiger partial charge in [0.25, 0.3) is 0 Å². The Morgan fingerprint density at radius 2 is 2.00 bits per heavy atom. The molecule has 1 aliphatic heterocycles. The third kappa shape index (κ3) is 1.59. The lowest BCUT2D eigenvalue weighted by Gasteiger charge is -2.54. The SMILES string of the molecule is COC1CC(O)C12CCNCC2.Cl. The second-order valence-corrected chi connectivity index (χ2v) is 3.96. The second kappa shape index (κ2) is 4.13. The van der Waals surface area contributed by atoms with Crippen molar-refractivity contribution in [2.24, 2.45) is 5.41 Å². The fraction of sp³-hybridized carbons (Fsp3) is 1.00. The Morgan fingerprint density at radius 3 is 2.46 bits per heavy atom. The van der Waals surface area contributed by atoms with Gasteiger partial charge in [0, 0.05) is 18.9 Å². The molecule has 0 aromatic carbocycles. The summed E-state index contributed by atoms with van der Waals surface area (Å²) in [7, 11) is 1.75. The van der Waals surface area contributed by atoms with Gasteiger partial charge in [0.15, 0.2) is 0 Å². The zero-order valence-corrected chi connectivity index (χ0v) is 8.77. The number of aliphatic hydroxyl groups excluding tert-OH is 1. The summed E-state index contributed by atoms with van der Waals surface area (Å²) in [5.41, 5.74) is 0.0972. The standard InChI is InChI=1S/C9H17NO2.ClH/c1-12-8-6-7(11)9(8)2-4-10-5-3-9;/h7-8,10-11H,2-6H2,1H3;1H. The van der Waals surface area contributed by atoms with Crippen molar-refractivity contribution < 1.29 is 9.84 Å². The quantitative estimate of drug-likeness (QED) is 0.660. The molecule has 2 rings (SSSR count). The third-order valence-electron chi connectivity index (χ3n) is 3.56. The summed E-state index contributed by atoms with van der Waals surface area (Å²) >= 11 is 0. The topological polar surface area (TPSA) is 41.5 Å². The smallest absolute Gasteiger partial charge is 0.0678 e. The first-order valence-electron chi connectivity index (χ1n) is 4.71. The molecule has 1 saturated carbocycles. The molecule has 1 heterocycles. The van der Waals surface area contributed by atoms with E-state index in [1.165, 1.54) is 0 Å². The van der Waals surface area contributed by atoms with E-state index in [2.05, 4.69) is 5.32 Å². The minimum Gasteiger partial charge on any atom is -0.392 e. The molecule has 1 saturated heterocycles. The van der Waals surface area contributed by atoms with Gasteiger partial charge in [0.2, 0.25) is 0 Å². The molecule has 0 aromatic rings. The van der Waals surface area contributed by atoms with Crippen molar-refractivity contribution in [2.75, 3.05) is 20.2 Å². The van der Waals surface area contributed by atoms with E-state index in [1.807, 2.05) is 0 Å². The van der Waals surface area contributed by atoms with Gasteiger partial charge in [-0.3, -0.25) is 0 Å². The zero-order chi connectivity index (χ0) is 8.60. The van der Waals surface area contributed by atoms with Gasteiger partial charge >= 0.3 is 0 Å². The zero-order valence-electron chi connectivity index (χ0n) is 7.95. The van der Waals surface area contributed by atoms with Crippen molar-refractivity contribution in [3.63, 3.8) is 0 Å².